The summed E-state index contributed by atoms with van der Waals surface area (Å²) < 4.78 is 0. The number of primary amides is 1. The average molecular weight is 262 g/mol. The van der Waals surface area contributed by atoms with Gasteiger partial charge >= 0.3 is 0 Å². The quantitative estimate of drug-likeness (QED) is 0.819. The molecular formula is C14H18N2O3. The maximum Gasteiger partial charge on any atom is 0.248 e. The molecule has 0 radical (unpaired) electrons. The number of aliphatic hydroxyl groups is 1. The van der Waals surface area contributed by atoms with Crippen molar-refractivity contribution in [3.63, 3.8) is 0 Å². The second kappa shape index (κ2) is 5.84. The van der Waals surface area contributed by atoms with Crippen LogP contribution in [0.5, 0.6) is 0 Å². The Labute approximate surface area is 112 Å². The number of aliphatic hydroxyl groups excluding tert-OH is 1. The summed E-state index contributed by atoms with van der Waals surface area (Å²) in [4.78, 5) is 24.9. The van der Waals surface area contributed by atoms with Crippen molar-refractivity contribution in [3.05, 3.63) is 35.4 Å². The molecule has 1 aromatic carbocycles. The lowest BCUT2D eigenvalue weighted by Crippen LogP contribution is -2.29. The van der Waals surface area contributed by atoms with Crippen LogP contribution in [-0.4, -0.2) is 41.0 Å². The monoisotopic (exact) mass is 262 g/mol. The van der Waals surface area contributed by atoms with Crippen LogP contribution in [0.3, 0.4) is 0 Å². The summed E-state index contributed by atoms with van der Waals surface area (Å²) in [5, 5.41) is 9.40. The van der Waals surface area contributed by atoms with Crippen molar-refractivity contribution in [2.24, 2.45) is 5.73 Å². The van der Waals surface area contributed by atoms with Crippen molar-refractivity contribution in [3.8, 4) is 0 Å². The number of amides is 2. The van der Waals surface area contributed by atoms with Crippen LogP contribution in [0, 0.1) is 0 Å². The van der Waals surface area contributed by atoms with Crippen molar-refractivity contribution >= 4 is 11.8 Å². The minimum absolute atomic E-state index is 0.0100. The molecule has 102 valence electrons. The molecule has 1 atom stereocenters. The molecule has 5 nitrogen and oxygen atoms in total. The smallest absolute Gasteiger partial charge is 0.248 e. The lowest BCUT2D eigenvalue weighted by molar-refractivity contribution is -0.130. The molecule has 1 aliphatic rings. The predicted octanol–water partition coefficient (Wildman–Crippen LogP) is 0.311. The van der Waals surface area contributed by atoms with E-state index in [1.807, 2.05) is 12.1 Å². The predicted molar refractivity (Wildman–Crippen MR) is 70.5 cm³/mol. The van der Waals surface area contributed by atoms with Gasteiger partial charge in [0, 0.05) is 25.1 Å². The third-order valence-corrected chi connectivity index (χ3v) is 3.41. The zero-order chi connectivity index (χ0) is 13.8. The van der Waals surface area contributed by atoms with E-state index >= 15 is 0 Å². The number of β-amino-alcohol motifs (C(OH)–C–C–N with tert-alkyl or cyclic N) is 1. The van der Waals surface area contributed by atoms with Gasteiger partial charge in [-0.05, 0) is 24.5 Å². The molecule has 2 rings (SSSR count). The van der Waals surface area contributed by atoms with E-state index in [4.69, 9.17) is 5.73 Å². The first-order valence-corrected chi connectivity index (χ1v) is 6.41. The first-order valence-electron chi connectivity index (χ1n) is 6.41. The van der Waals surface area contributed by atoms with Gasteiger partial charge in [0.15, 0.2) is 0 Å². The number of rotatable bonds is 4. The number of benzene rings is 1. The van der Waals surface area contributed by atoms with Gasteiger partial charge < -0.3 is 15.7 Å². The second-order valence-electron chi connectivity index (χ2n) is 4.80. The van der Waals surface area contributed by atoms with Gasteiger partial charge in [-0.2, -0.15) is 0 Å². The van der Waals surface area contributed by atoms with Gasteiger partial charge in [0.05, 0.1) is 6.10 Å². The van der Waals surface area contributed by atoms with Gasteiger partial charge in [-0.15, -0.1) is 0 Å². The molecule has 3 N–H and O–H groups in total. The Morgan fingerprint density at radius 2 is 2.11 bits per heavy atom. The summed E-state index contributed by atoms with van der Waals surface area (Å²) >= 11 is 0. The van der Waals surface area contributed by atoms with Gasteiger partial charge in [-0.1, -0.05) is 18.2 Å². The van der Waals surface area contributed by atoms with E-state index in [2.05, 4.69) is 0 Å². The van der Waals surface area contributed by atoms with Crippen molar-refractivity contribution < 1.29 is 14.7 Å². The van der Waals surface area contributed by atoms with Crippen LogP contribution < -0.4 is 5.73 Å². The maximum atomic E-state index is 11.9. The van der Waals surface area contributed by atoms with Crippen LogP contribution in [0.1, 0.15) is 28.8 Å². The highest BCUT2D eigenvalue weighted by atomic mass is 16.3. The summed E-state index contributed by atoms with van der Waals surface area (Å²) in [5.74, 6) is -0.463. The standard InChI is InChI=1S/C14H18N2O3/c15-14(19)12-4-2-1-3-10(12)5-6-13(18)16-8-7-11(17)9-16/h1-4,11,17H,5-9H2,(H2,15,19)/t11-/m0/s1. The molecule has 0 aromatic heterocycles. The number of nitrogens with zero attached hydrogens (tertiary/aromatic N) is 1. The van der Waals surface area contributed by atoms with E-state index in [1.54, 1.807) is 17.0 Å². The summed E-state index contributed by atoms with van der Waals surface area (Å²) in [5.41, 5.74) is 6.56. The van der Waals surface area contributed by atoms with Gasteiger partial charge in [0.2, 0.25) is 11.8 Å². The number of hydrogen-bond acceptors (Lipinski definition) is 3. The van der Waals surface area contributed by atoms with E-state index in [9.17, 15) is 14.7 Å². The number of hydrogen-bond donors (Lipinski definition) is 2. The van der Waals surface area contributed by atoms with E-state index in [0.717, 1.165) is 5.56 Å². The van der Waals surface area contributed by atoms with Gasteiger partial charge in [0.1, 0.15) is 0 Å². The molecule has 1 aliphatic heterocycles. The normalized spacial score (nSPS) is 18.6. The molecule has 0 aliphatic carbocycles. The Bertz CT molecular complexity index is 487. The molecule has 1 heterocycles. The SMILES string of the molecule is NC(=O)c1ccccc1CCC(=O)N1CC[C@H](O)C1. The van der Waals surface area contributed by atoms with Crippen molar-refractivity contribution in [2.45, 2.75) is 25.4 Å². The Balaban J connectivity index is 1.95. The Hall–Kier alpha value is -1.88. The molecule has 5 heteroatoms. The Morgan fingerprint density at radius 1 is 1.37 bits per heavy atom. The summed E-state index contributed by atoms with van der Waals surface area (Å²) in [6.45, 7) is 1.02. The summed E-state index contributed by atoms with van der Waals surface area (Å²) in [6, 6.07) is 7.06. The topological polar surface area (TPSA) is 83.6 Å². The average Bonchev–Trinajstić information content (AvgIpc) is 2.83. The minimum atomic E-state index is -0.473. The lowest BCUT2D eigenvalue weighted by Gasteiger charge is -2.15. The van der Waals surface area contributed by atoms with E-state index in [0.29, 0.717) is 37.9 Å². The van der Waals surface area contributed by atoms with Gasteiger partial charge in [-0.25, -0.2) is 0 Å². The van der Waals surface area contributed by atoms with Crippen molar-refractivity contribution in [1.29, 1.82) is 0 Å². The molecule has 0 unspecified atom stereocenters. The first kappa shape index (κ1) is 13.5. The number of aryl methyl sites for hydroxylation is 1. The van der Waals surface area contributed by atoms with E-state index in [1.165, 1.54) is 0 Å². The molecule has 0 spiro atoms. The lowest BCUT2D eigenvalue weighted by atomic mass is 10.0. The highest BCUT2D eigenvalue weighted by Crippen LogP contribution is 2.14. The van der Waals surface area contributed by atoms with Gasteiger partial charge in [0.25, 0.3) is 0 Å². The van der Waals surface area contributed by atoms with Gasteiger partial charge in [-0.3, -0.25) is 9.59 Å². The largest absolute Gasteiger partial charge is 0.391 e. The zero-order valence-corrected chi connectivity index (χ0v) is 10.7. The van der Waals surface area contributed by atoms with Crippen molar-refractivity contribution in [1.82, 2.24) is 4.90 Å². The summed E-state index contributed by atoms with van der Waals surface area (Å²) in [6.07, 6.45) is 1.06. The molecule has 19 heavy (non-hydrogen) atoms. The first-order chi connectivity index (χ1) is 9.08. The van der Waals surface area contributed by atoms with Crippen LogP contribution >= 0.6 is 0 Å². The van der Waals surface area contributed by atoms with Crippen LogP contribution in [0.4, 0.5) is 0 Å². The minimum Gasteiger partial charge on any atom is -0.391 e. The van der Waals surface area contributed by atoms with Crippen LogP contribution in [0.2, 0.25) is 0 Å². The summed E-state index contributed by atoms with van der Waals surface area (Å²) in [7, 11) is 0. The molecule has 2 amide bonds. The highest BCUT2D eigenvalue weighted by Gasteiger charge is 2.24. The molecule has 1 fully saturated rings. The second-order valence-corrected chi connectivity index (χ2v) is 4.80. The zero-order valence-electron chi connectivity index (χ0n) is 10.7. The number of carbonyl (C=O) groups is 2. The van der Waals surface area contributed by atoms with E-state index in [-0.39, 0.29) is 5.91 Å². The fraction of sp³-hybridized carbons (Fsp3) is 0.429. The van der Waals surface area contributed by atoms with Crippen LogP contribution in [0.25, 0.3) is 0 Å². The highest BCUT2D eigenvalue weighted by molar-refractivity contribution is 5.94. The number of carbonyl (C=O) groups excluding carboxylic acids is 2. The van der Waals surface area contributed by atoms with Crippen LogP contribution in [0.15, 0.2) is 24.3 Å². The molecule has 0 bridgehead atoms. The fourth-order valence-electron chi connectivity index (χ4n) is 2.35. The van der Waals surface area contributed by atoms with Crippen molar-refractivity contribution in [2.75, 3.05) is 13.1 Å². The van der Waals surface area contributed by atoms with Crippen LogP contribution in [-0.2, 0) is 11.2 Å². The third-order valence-electron chi connectivity index (χ3n) is 3.41. The Kier molecular flexibility index (Phi) is 4.16. The van der Waals surface area contributed by atoms with E-state index < -0.39 is 12.0 Å². The number of likely N-dealkylation sites (tertiary alicyclic amines) is 1. The molecule has 1 aromatic rings. The molecule has 0 saturated carbocycles. The Morgan fingerprint density at radius 3 is 2.74 bits per heavy atom. The third kappa shape index (κ3) is 3.32. The molecule has 1 saturated heterocycles. The molecular weight excluding hydrogens is 244 g/mol. The number of nitrogens with two attached hydrogens (primary N) is 1. The maximum absolute atomic E-state index is 11.9. The fourth-order valence-corrected chi connectivity index (χ4v) is 2.35.